The molecule has 0 radical (unpaired) electrons. The summed E-state index contributed by atoms with van der Waals surface area (Å²) in [6, 6.07) is 0. The van der Waals surface area contributed by atoms with Gasteiger partial charge in [-0.05, 0) is 12.3 Å². The van der Waals surface area contributed by atoms with E-state index in [1.165, 1.54) is 0 Å². The van der Waals surface area contributed by atoms with Crippen molar-refractivity contribution in [3.63, 3.8) is 0 Å². The zero-order valence-electron chi connectivity index (χ0n) is 7.99. The minimum Gasteiger partial charge on any atom is -0.476 e. The molecule has 0 saturated heterocycles. The predicted molar refractivity (Wildman–Crippen MR) is 52.5 cm³/mol. The highest BCUT2D eigenvalue weighted by atomic mass is 35.5. The van der Waals surface area contributed by atoms with E-state index in [2.05, 4.69) is 9.97 Å². The van der Waals surface area contributed by atoms with Gasteiger partial charge in [-0.15, -0.1) is 0 Å². The van der Waals surface area contributed by atoms with Gasteiger partial charge in [-0.3, -0.25) is 0 Å². The molecule has 0 saturated carbocycles. The molecule has 0 aliphatic rings. The largest absolute Gasteiger partial charge is 0.476 e. The van der Waals surface area contributed by atoms with Gasteiger partial charge in [0.05, 0.1) is 11.9 Å². The lowest BCUT2D eigenvalue weighted by molar-refractivity contribution is 0.0689. The average molecular weight is 215 g/mol. The molecule has 1 rings (SSSR count). The van der Waals surface area contributed by atoms with Gasteiger partial charge < -0.3 is 5.11 Å². The van der Waals surface area contributed by atoms with Crippen LogP contribution in [0, 0.1) is 5.92 Å². The van der Waals surface area contributed by atoms with Gasteiger partial charge >= 0.3 is 5.97 Å². The quantitative estimate of drug-likeness (QED) is 0.836. The summed E-state index contributed by atoms with van der Waals surface area (Å²) in [4.78, 5) is 18.3. The number of carboxylic acid groups (broad SMARTS) is 1. The van der Waals surface area contributed by atoms with Gasteiger partial charge in [0, 0.05) is 0 Å². The first kappa shape index (κ1) is 10.9. The second-order valence-electron chi connectivity index (χ2n) is 3.40. The molecule has 1 aromatic rings. The number of hydrogen-bond donors (Lipinski definition) is 1. The van der Waals surface area contributed by atoms with Crippen LogP contribution in [0.3, 0.4) is 0 Å². The monoisotopic (exact) mass is 214 g/mol. The lowest BCUT2D eigenvalue weighted by Gasteiger charge is -2.05. The molecule has 0 aromatic carbocycles. The van der Waals surface area contributed by atoms with Crippen LogP contribution in [0.5, 0.6) is 0 Å². The van der Waals surface area contributed by atoms with Gasteiger partial charge in [0.25, 0.3) is 0 Å². The number of nitrogens with zero attached hydrogens (tertiary/aromatic N) is 2. The molecule has 0 fully saturated rings. The van der Waals surface area contributed by atoms with Crippen LogP contribution in [0.2, 0.25) is 5.15 Å². The zero-order chi connectivity index (χ0) is 10.7. The average Bonchev–Trinajstić information content (AvgIpc) is 2.07. The van der Waals surface area contributed by atoms with Gasteiger partial charge in [-0.25, -0.2) is 14.8 Å². The van der Waals surface area contributed by atoms with E-state index >= 15 is 0 Å². The van der Waals surface area contributed by atoms with E-state index in [0.717, 1.165) is 6.20 Å². The number of aromatic carboxylic acids is 1. The molecule has 0 atom stereocenters. The first-order valence-corrected chi connectivity index (χ1v) is 4.63. The summed E-state index contributed by atoms with van der Waals surface area (Å²) in [7, 11) is 0. The van der Waals surface area contributed by atoms with Crippen molar-refractivity contribution in [1.82, 2.24) is 9.97 Å². The van der Waals surface area contributed by atoms with Crippen molar-refractivity contribution < 1.29 is 9.90 Å². The highest BCUT2D eigenvalue weighted by Gasteiger charge is 2.11. The SMILES string of the molecule is CC(C)Cc1nc(C(=O)O)cnc1Cl. The summed E-state index contributed by atoms with van der Waals surface area (Å²) < 4.78 is 0. The first-order chi connectivity index (χ1) is 6.50. The molecule has 1 aromatic heterocycles. The fourth-order valence-corrected chi connectivity index (χ4v) is 1.20. The molecule has 0 unspecified atom stereocenters. The Bertz CT molecular complexity index is 353. The zero-order valence-corrected chi connectivity index (χ0v) is 8.75. The van der Waals surface area contributed by atoms with E-state index in [-0.39, 0.29) is 10.8 Å². The summed E-state index contributed by atoms with van der Waals surface area (Å²) in [6.07, 6.45) is 1.79. The summed E-state index contributed by atoms with van der Waals surface area (Å²) >= 11 is 5.78. The first-order valence-electron chi connectivity index (χ1n) is 4.25. The van der Waals surface area contributed by atoms with Gasteiger partial charge in [0.2, 0.25) is 0 Å². The molecule has 0 bridgehead atoms. The molecule has 4 nitrogen and oxygen atoms in total. The Morgan fingerprint density at radius 1 is 1.64 bits per heavy atom. The van der Waals surface area contributed by atoms with Crippen LogP contribution >= 0.6 is 11.6 Å². The molecule has 14 heavy (non-hydrogen) atoms. The van der Waals surface area contributed by atoms with Gasteiger partial charge in [0.1, 0.15) is 0 Å². The topological polar surface area (TPSA) is 63.1 Å². The van der Waals surface area contributed by atoms with Crippen molar-refractivity contribution in [1.29, 1.82) is 0 Å². The van der Waals surface area contributed by atoms with Crippen LogP contribution in [0.1, 0.15) is 30.0 Å². The Morgan fingerprint density at radius 2 is 2.29 bits per heavy atom. The Morgan fingerprint density at radius 3 is 2.79 bits per heavy atom. The maximum atomic E-state index is 10.6. The Kier molecular flexibility index (Phi) is 3.41. The van der Waals surface area contributed by atoms with Crippen LogP contribution in [0.15, 0.2) is 6.20 Å². The van der Waals surface area contributed by atoms with Gasteiger partial charge in [-0.2, -0.15) is 0 Å². The second kappa shape index (κ2) is 4.37. The van der Waals surface area contributed by atoms with Crippen molar-refractivity contribution in [3.8, 4) is 0 Å². The van der Waals surface area contributed by atoms with E-state index in [9.17, 15) is 4.79 Å². The van der Waals surface area contributed by atoms with Crippen molar-refractivity contribution >= 4 is 17.6 Å². The van der Waals surface area contributed by atoms with E-state index in [0.29, 0.717) is 18.0 Å². The summed E-state index contributed by atoms with van der Waals surface area (Å²) in [5.74, 6) is -0.718. The molecule has 0 amide bonds. The number of carboxylic acids is 1. The molecule has 5 heteroatoms. The minimum atomic E-state index is -1.08. The summed E-state index contributed by atoms with van der Waals surface area (Å²) in [5, 5.41) is 8.97. The van der Waals surface area contributed by atoms with Crippen molar-refractivity contribution in [2.75, 3.05) is 0 Å². The number of carbonyl (C=O) groups is 1. The van der Waals surface area contributed by atoms with Crippen molar-refractivity contribution in [2.24, 2.45) is 5.92 Å². The summed E-state index contributed by atoms with van der Waals surface area (Å²) in [6.45, 7) is 4.01. The maximum absolute atomic E-state index is 10.6. The Hall–Kier alpha value is -1.16. The summed E-state index contributed by atoms with van der Waals surface area (Å²) in [5.41, 5.74) is 0.478. The molecule has 0 spiro atoms. The Labute approximate surface area is 87.0 Å². The van der Waals surface area contributed by atoms with E-state index in [1.807, 2.05) is 13.8 Å². The molecule has 0 aliphatic carbocycles. The van der Waals surface area contributed by atoms with E-state index in [1.54, 1.807) is 0 Å². The normalized spacial score (nSPS) is 10.6. The molecular weight excluding hydrogens is 204 g/mol. The molecular formula is C9H11ClN2O2. The van der Waals surface area contributed by atoms with Crippen LogP contribution in [0.25, 0.3) is 0 Å². The fourth-order valence-electron chi connectivity index (χ4n) is 1.03. The van der Waals surface area contributed by atoms with Crippen LogP contribution in [-0.4, -0.2) is 21.0 Å². The molecule has 1 N–H and O–H groups in total. The fraction of sp³-hybridized carbons (Fsp3) is 0.444. The highest BCUT2D eigenvalue weighted by Crippen LogP contribution is 2.14. The lowest BCUT2D eigenvalue weighted by atomic mass is 10.1. The Balaban J connectivity index is 3.02. The molecule has 0 aliphatic heterocycles. The lowest BCUT2D eigenvalue weighted by Crippen LogP contribution is -2.07. The second-order valence-corrected chi connectivity index (χ2v) is 3.75. The standard InChI is InChI=1S/C9H11ClN2O2/c1-5(2)3-6-8(10)11-4-7(12-6)9(13)14/h4-5H,3H2,1-2H3,(H,13,14). The number of halogens is 1. The third kappa shape index (κ3) is 2.67. The van der Waals surface area contributed by atoms with Gasteiger partial charge in [-0.1, -0.05) is 25.4 Å². The van der Waals surface area contributed by atoms with Crippen molar-refractivity contribution in [2.45, 2.75) is 20.3 Å². The van der Waals surface area contributed by atoms with E-state index < -0.39 is 5.97 Å². The smallest absolute Gasteiger partial charge is 0.356 e. The molecule has 76 valence electrons. The van der Waals surface area contributed by atoms with Crippen LogP contribution in [-0.2, 0) is 6.42 Å². The minimum absolute atomic E-state index is 0.0648. The van der Waals surface area contributed by atoms with Crippen LogP contribution < -0.4 is 0 Å². The van der Waals surface area contributed by atoms with Crippen LogP contribution in [0.4, 0.5) is 0 Å². The number of rotatable bonds is 3. The third-order valence-electron chi connectivity index (χ3n) is 1.61. The van der Waals surface area contributed by atoms with E-state index in [4.69, 9.17) is 16.7 Å². The number of hydrogen-bond acceptors (Lipinski definition) is 3. The number of aromatic nitrogens is 2. The highest BCUT2D eigenvalue weighted by molar-refractivity contribution is 6.30. The third-order valence-corrected chi connectivity index (χ3v) is 1.93. The predicted octanol–water partition coefficient (Wildman–Crippen LogP) is 2.03. The van der Waals surface area contributed by atoms with Gasteiger partial charge in [0.15, 0.2) is 10.8 Å². The molecule has 1 heterocycles. The van der Waals surface area contributed by atoms with Crippen molar-refractivity contribution in [3.05, 3.63) is 22.7 Å². The maximum Gasteiger partial charge on any atom is 0.356 e.